The molecule has 1 aromatic rings. The standard InChI is InChI=1S/C13H23N3O/c1-10-4-3-5-13(6-10,9-14)12(17)11-7-15-16(2)8-11/h7-8,10,12,17H,3-6,9,14H2,1-2H3. The van der Waals surface area contributed by atoms with Crippen molar-refractivity contribution in [2.45, 2.75) is 38.7 Å². The van der Waals surface area contributed by atoms with Gasteiger partial charge in [-0.15, -0.1) is 0 Å². The molecule has 0 aromatic carbocycles. The van der Waals surface area contributed by atoms with Gasteiger partial charge >= 0.3 is 0 Å². The molecule has 1 fully saturated rings. The minimum Gasteiger partial charge on any atom is -0.388 e. The van der Waals surface area contributed by atoms with E-state index >= 15 is 0 Å². The summed E-state index contributed by atoms with van der Waals surface area (Å²) in [7, 11) is 1.87. The molecule has 0 bridgehead atoms. The highest BCUT2D eigenvalue weighted by molar-refractivity contribution is 5.13. The summed E-state index contributed by atoms with van der Waals surface area (Å²) >= 11 is 0. The van der Waals surface area contributed by atoms with E-state index in [1.807, 2.05) is 13.2 Å². The lowest BCUT2D eigenvalue weighted by Gasteiger charge is -2.42. The van der Waals surface area contributed by atoms with E-state index in [1.54, 1.807) is 10.9 Å². The van der Waals surface area contributed by atoms with Gasteiger partial charge in [0, 0.05) is 30.8 Å². The number of rotatable bonds is 3. The Hall–Kier alpha value is -0.870. The predicted octanol–water partition coefficient (Wildman–Crippen LogP) is 1.61. The molecule has 3 atom stereocenters. The van der Waals surface area contributed by atoms with Crippen LogP contribution >= 0.6 is 0 Å². The van der Waals surface area contributed by atoms with Crippen LogP contribution in [0.3, 0.4) is 0 Å². The van der Waals surface area contributed by atoms with Crippen molar-refractivity contribution in [3.8, 4) is 0 Å². The molecule has 1 aliphatic carbocycles. The summed E-state index contributed by atoms with van der Waals surface area (Å²) in [4.78, 5) is 0. The zero-order valence-electron chi connectivity index (χ0n) is 10.8. The van der Waals surface area contributed by atoms with Crippen molar-refractivity contribution in [3.63, 3.8) is 0 Å². The minimum atomic E-state index is -0.482. The molecular weight excluding hydrogens is 214 g/mol. The number of hydrogen-bond donors (Lipinski definition) is 2. The molecule has 0 radical (unpaired) electrons. The fraction of sp³-hybridized carbons (Fsp3) is 0.769. The number of aliphatic hydroxyl groups excluding tert-OH is 1. The number of aryl methyl sites for hydroxylation is 1. The maximum atomic E-state index is 10.6. The maximum Gasteiger partial charge on any atom is 0.0888 e. The second kappa shape index (κ2) is 4.78. The van der Waals surface area contributed by atoms with Gasteiger partial charge < -0.3 is 10.8 Å². The second-order valence-corrected chi connectivity index (χ2v) is 5.62. The van der Waals surface area contributed by atoms with Gasteiger partial charge in [-0.2, -0.15) is 5.10 Å². The average Bonchev–Trinajstić information content (AvgIpc) is 2.74. The van der Waals surface area contributed by atoms with Gasteiger partial charge in [-0.05, 0) is 18.8 Å². The first-order chi connectivity index (χ1) is 8.07. The third kappa shape index (κ3) is 2.38. The molecule has 4 nitrogen and oxygen atoms in total. The third-order valence-electron chi connectivity index (χ3n) is 4.15. The summed E-state index contributed by atoms with van der Waals surface area (Å²) in [5, 5.41) is 14.7. The summed E-state index contributed by atoms with van der Waals surface area (Å²) in [5.74, 6) is 0.652. The van der Waals surface area contributed by atoms with E-state index in [9.17, 15) is 5.11 Å². The summed E-state index contributed by atoms with van der Waals surface area (Å²) in [6, 6.07) is 0. The number of nitrogens with zero attached hydrogens (tertiary/aromatic N) is 2. The SMILES string of the molecule is CC1CCCC(CN)(C(O)c2cnn(C)c2)C1. The lowest BCUT2D eigenvalue weighted by atomic mass is 9.66. The number of aromatic nitrogens is 2. The van der Waals surface area contributed by atoms with Crippen LogP contribution in [0.1, 0.15) is 44.3 Å². The van der Waals surface area contributed by atoms with Crippen molar-refractivity contribution in [1.82, 2.24) is 9.78 Å². The monoisotopic (exact) mass is 237 g/mol. The van der Waals surface area contributed by atoms with Crippen LogP contribution in [0.2, 0.25) is 0 Å². The summed E-state index contributed by atoms with van der Waals surface area (Å²) in [6.07, 6.45) is 7.60. The summed E-state index contributed by atoms with van der Waals surface area (Å²) in [6.45, 7) is 2.80. The van der Waals surface area contributed by atoms with E-state index in [-0.39, 0.29) is 5.41 Å². The lowest BCUT2D eigenvalue weighted by Crippen LogP contribution is -2.40. The smallest absolute Gasteiger partial charge is 0.0888 e. The van der Waals surface area contributed by atoms with E-state index in [2.05, 4.69) is 12.0 Å². The van der Waals surface area contributed by atoms with E-state index in [1.165, 1.54) is 6.42 Å². The molecule has 1 heterocycles. The van der Waals surface area contributed by atoms with Crippen molar-refractivity contribution in [3.05, 3.63) is 18.0 Å². The number of hydrogen-bond acceptors (Lipinski definition) is 3. The Balaban J connectivity index is 2.22. The van der Waals surface area contributed by atoms with Crippen LogP contribution in [0.15, 0.2) is 12.4 Å². The molecule has 0 aliphatic heterocycles. The molecule has 1 aliphatic rings. The Bertz CT molecular complexity index is 376. The Morgan fingerprint density at radius 1 is 1.71 bits per heavy atom. The largest absolute Gasteiger partial charge is 0.388 e. The highest BCUT2D eigenvalue weighted by Crippen LogP contribution is 2.47. The molecule has 3 unspecified atom stereocenters. The first-order valence-corrected chi connectivity index (χ1v) is 6.44. The quantitative estimate of drug-likeness (QED) is 0.839. The Labute approximate surface area is 103 Å². The molecule has 2 rings (SSSR count). The number of aliphatic hydroxyl groups is 1. The van der Waals surface area contributed by atoms with Crippen LogP contribution in [0.4, 0.5) is 0 Å². The van der Waals surface area contributed by atoms with Gasteiger partial charge in [0.15, 0.2) is 0 Å². The molecule has 4 heteroatoms. The zero-order chi connectivity index (χ0) is 12.5. The maximum absolute atomic E-state index is 10.6. The average molecular weight is 237 g/mol. The predicted molar refractivity (Wildman–Crippen MR) is 67.3 cm³/mol. The van der Waals surface area contributed by atoms with Gasteiger partial charge in [0.1, 0.15) is 0 Å². The van der Waals surface area contributed by atoms with Gasteiger partial charge in [-0.25, -0.2) is 0 Å². The highest BCUT2D eigenvalue weighted by atomic mass is 16.3. The molecule has 3 N–H and O–H groups in total. The Morgan fingerprint density at radius 2 is 2.47 bits per heavy atom. The molecule has 0 amide bonds. The molecule has 0 spiro atoms. The van der Waals surface area contributed by atoms with E-state index in [0.717, 1.165) is 24.8 Å². The van der Waals surface area contributed by atoms with Crippen LogP contribution in [0, 0.1) is 11.3 Å². The topological polar surface area (TPSA) is 64.1 Å². The molecule has 1 aromatic heterocycles. The van der Waals surface area contributed by atoms with Crippen molar-refractivity contribution >= 4 is 0 Å². The Kier molecular flexibility index (Phi) is 3.54. The summed E-state index contributed by atoms with van der Waals surface area (Å²) < 4.78 is 1.73. The summed E-state index contributed by atoms with van der Waals surface area (Å²) in [5.41, 5.74) is 6.70. The van der Waals surface area contributed by atoms with Crippen LogP contribution in [0.25, 0.3) is 0 Å². The highest BCUT2D eigenvalue weighted by Gasteiger charge is 2.41. The van der Waals surface area contributed by atoms with Gasteiger partial charge in [-0.1, -0.05) is 19.8 Å². The van der Waals surface area contributed by atoms with E-state index in [0.29, 0.717) is 12.5 Å². The van der Waals surface area contributed by atoms with Crippen LogP contribution in [0.5, 0.6) is 0 Å². The normalized spacial score (nSPS) is 31.4. The van der Waals surface area contributed by atoms with Crippen molar-refractivity contribution in [2.24, 2.45) is 24.1 Å². The van der Waals surface area contributed by atoms with Gasteiger partial charge in [0.25, 0.3) is 0 Å². The van der Waals surface area contributed by atoms with E-state index < -0.39 is 6.10 Å². The van der Waals surface area contributed by atoms with E-state index in [4.69, 9.17) is 5.73 Å². The fourth-order valence-electron chi connectivity index (χ4n) is 3.18. The molecule has 0 saturated heterocycles. The van der Waals surface area contributed by atoms with Gasteiger partial charge in [0.2, 0.25) is 0 Å². The molecule has 17 heavy (non-hydrogen) atoms. The van der Waals surface area contributed by atoms with Crippen molar-refractivity contribution < 1.29 is 5.11 Å². The molecular formula is C13H23N3O. The fourth-order valence-corrected chi connectivity index (χ4v) is 3.18. The van der Waals surface area contributed by atoms with Gasteiger partial charge in [0.05, 0.1) is 12.3 Å². The lowest BCUT2D eigenvalue weighted by molar-refractivity contribution is -0.0131. The third-order valence-corrected chi connectivity index (χ3v) is 4.15. The first-order valence-electron chi connectivity index (χ1n) is 6.44. The van der Waals surface area contributed by atoms with Crippen LogP contribution < -0.4 is 5.73 Å². The second-order valence-electron chi connectivity index (χ2n) is 5.62. The van der Waals surface area contributed by atoms with Crippen molar-refractivity contribution in [1.29, 1.82) is 0 Å². The van der Waals surface area contributed by atoms with Crippen LogP contribution in [-0.4, -0.2) is 21.4 Å². The Morgan fingerprint density at radius 3 is 3.00 bits per heavy atom. The van der Waals surface area contributed by atoms with Gasteiger partial charge in [-0.3, -0.25) is 4.68 Å². The zero-order valence-corrected chi connectivity index (χ0v) is 10.8. The van der Waals surface area contributed by atoms with Crippen LogP contribution in [-0.2, 0) is 7.05 Å². The first kappa shape index (κ1) is 12.6. The molecule has 1 saturated carbocycles. The van der Waals surface area contributed by atoms with Crippen molar-refractivity contribution in [2.75, 3.05) is 6.54 Å². The molecule has 96 valence electrons. The minimum absolute atomic E-state index is 0.152. The number of nitrogens with two attached hydrogens (primary N) is 1.